The summed E-state index contributed by atoms with van der Waals surface area (Å²) in [5.41, 5.74) is 0.653. The van der Waals surface area contributed by atoms with Gasteiger partial charge in [-0.2, -0.15) is 0 Å². The van der Waals surface area contributed by atoms with Crippen molar-refractivity contribution in [2.75, 3.05) is 5.75 Å². The number of aliphatic carboxylic acids is 1. The molecule has 1 aliphatic rings. The van der Waals surface area contributed by atoms with Crippen molar-refractivity contribution >= 4 is 17.7 Å². The largest absolute Gasteiger partial charge is 0.480 e. The SMILES string of the molecule is O=C(O)[C@@H]1CSC(c2cccc(C(F)F)c2)N1. The van der Waals surface area contributed by atoms with Gasteiger partial charge in [0, 0.05) is 11.3 Å². The molecule has 1 unspecified atom stereocenters. The molecule has 0 spiro atoms. The highest BCUT2D eigenvalue weighted by Crippen LogP contribution is 2.34. The molecular weight excluding hydrogens is 248 g/mol. The summed E-state index contributed by atoms with van der Waals surface area (Å²) >= 11 is 1.42. The average molecular weight is 259 g/mol. The second kappa shape index (κ2) is 5.01. The van der Waals surface area contributed by atoms with E-state index in [1.807, 2.05) is 0 Å². The van der Waals surface area contributed by atoms with Crippen LogP contribution in [0.2, 0.25) is 0 Å². The normalized spacial score (nSPS) is 24.2. The van der Waals surface area contributed by atoms with Crippen LogP contribution in [-0.2, 0) is 4.79 Å². The topological polar surface area (TPSA) is 49.3 Å². The van der Waals surface area contributed by atoms with Crippen molar-refractivity contribution in [3.05, 3.63) is 35.4 Å². The number of halogens is 2. The van der Waals surface area contributed by atoms with Gasteiger partial charge in [0.15, 0.2) is 0 Å². The molecule has 2 rings (SSSR count). The third-order valence-corrected chi connectivity index (χ3v) is 3.81. The highest BCUT2D eigenvalue weighted by atomic mass is 32.2. The lowest BCUT2D eigenvalue weighted by Gasteiger charge is -2.12. The smallest absolute Gasteiger partial charge is 0.321 e. The Morgan fingerprint density at radius 2 is 2.29 bits per heavy atom. The van der Waals surface area contributed by atoms with E-state index in [9.17, 15) is 13.6 Å². The quantitative estimate of drug-likeness (QED) is 0.875. The summed E-state index contributed by atoms with van der Waals surface area (Å²) in [4.78, 5) is 10.8. The van der Waals surface area contributed by atoms with Crippen LogP contribution < -0.4 is 5.32 Å². The minimum Gasteiger partial charge on any atom is -0.480 e. The van der Waals surface area contributed by atoms with E-state index < -0.39 is 18.4 Å². The van der Waals surface area contributed by atoms with Crippen molar-refractivity contribution in [1.29, 1.82) is 0 Å². The lowest BCUT2D eigenvalue weighted by atomic mass is 10.1. The van der Waals surface area contributed by atoms with E-state index in [0.29, 0.717) is 11.3 Å². The fourth-order valence-corrected chi connectivity index (χ4v) is 2.89. The Morgan fingerprint density at radius 1 is 1.53 bits per heavy atom. The summed E-state index contributed by atoms with van der Waals surface area (Å²) in [5, 5.41) is 11.5. The molecule has 1 aromatic rings. The number of hydrogen-bond donors (Lipinski definition) is 2. The molecule has 0 bridgehead atoms. The molecule has 1 aromatic carbocycles. The number of nitrogens with one attached hydrogen (secondary N) is 1. The summed E-state index contributed by atoms with van der Waals surface area (Å²) in [5.74, 6) is -0.469. The monoisotopic (exact) mass is 259 g/mol. The zero-order valence-electron chi connectivity index (χ0n) is 8.77. The molecule has 2 atom stereocenters. The first-order chi connectivity index (χ1) is 8.08. The second-order valence-electron chi connectivity index (χ2n) is 3.74. The van der Waals surface area contributed by atoms with Crippen molar-refractivity contribution in [1.82, 2.24) is 5.32 Å². The highest BCUT2D eigenvalue weighted by Gasteiger charge is 2.30. The predicted octanol–water partition coefficient (Wildman–Crippen LogP) is 2.41. The van der Waals surface area contributed by atoms with Crippen molar-refractivity contribution < 1.29 is 18.7 Å². The lowest BCUT2D eigenvalue weighted by Crippen LogP contribution is -2.33. The van der Waals surface area contributed by atoms with E-state index in [0.717, 1.165) is 0 Å². The van der Waals surface area contributed by atoms with Crippen LogP contribution in [-0.4, -0.2) is 22.9 Å². The van der Waals surface area contributed by atoms with Gasteiger partial charge < -0.3 is 5.11 Å². The van der Waals surface area contributed by atoms with Gasteiger partial charge in [-0.05, 0) is 11.6 Å². The molecule has 92 valence electrons. The molecule has 0 aliphatic carbocycles. The zero-order valence-corrected chi connectivity index (χ0v) is 9.58. The van der Waals surface area contributed by atoms with Crippen LogP contribution in [0.4, 0.5) is 8.78 Å². The molecule has 6 heteroatoms. The first-order valence-electron chi connectivity index (χ1n) is 5.06. The average Bonchev–Trinajstić information content (AvgIpc) is 2.78. The molecule has 1 saturated heterocycles. The fourth-order valence-electron chi connectivity index (χ4n) is 1.66. The van der Waals surface area contributed by atoms with Crippen LogP contribution >= 0.6 is 11.8 Å². The van der Waals surface area contributed by atoms with Crippen LogP contribution in [0.1, 0.15) is 22.9 Å². The van der Waals surface area contributed by atoms with E-state index in [1.165, 1.54) is 23.9 Å². The van der Waals surface area contributed by atoms with Gasteiger partial charge in [0.25, 0.3) is 6.43 Å². The third-order valence-electron chi connectivity index (χ3n) is 2.55. The third kappa shape index (κ3) is 2.76. The molecule has 0 saturated carbocycles. The number of carboxylic acid groups (broad SMARTS) is 1. The van der Waals surface area contributed by atoms with Gasteiger partial charge in [-0.1, -0.05) is 18.2 Å². The first kappa shape index (κ1) is 12.3. The van der Waals surface area contributed by atoms with Gasteiger partial charge >= 0.3 is 5.97 Å². The zero-order chi connectivity index (χ0) is 12.4. The maximum atomic E-state index is 12.5. The minimum atomic E-state index is -2.50. The van der Waals surface area contributed by atoms with E-state index in [2.05, 4.69) is 5.32 Å². The van der Waals surface area contributed by atoms with E-state index in [1.54, 1.807) is 12.1 Å². The molecular formula is C11H11F2NO2S. The van der Waals surface area contributed by atoms with Crippen LogP contribution in [0.3, 0.4) is 0 Å². The van der Waals surface area contributed by atoms with Crippen LogP contribution in [0.5, 0.6) is 0 Å². The van der Waals surface area contributed by atoms with Crippen LogP contribution in [0, 0.1) is 0 Å². The molecule has 1 heterocycles. The molecule has 17 heavy (non-hydrogen) atoms. The van der Waals surface area contributed by atoms with Gasteiger partial charge in [-0.15, -0.1) is 11.8 Å². The molecule has 1 aliphatic heterocycles. The molecule has 0 amide bonds. The Bertz CT molecular complexity index is 428. The van der Waals surface area contributed by atoms with Crippen molar-refractivity contribution in [3.8, 4) is 0 Å². The van der Waals surface area contributed by atoms with E-state index in [-0.39, 0.29) is 10.9 Å². The Morgan fingerprint density at radius 3 is 2.88 bits per heavy atom. The van der Waals surface area contributed by atoms with Gasteiger partial charge in [-0.3, -0.25) is 10.1 Å². The number of hydrogen-bond acceptors (Lipinski definition) is 3. The number of rotatable bonds is 3. The standard InChI is InChI=1S/C11H11F2NO2S/c12-9(13)6-2-1-3-7(4-6)10-14-8(5-17-10)11(15)16/h1-4,8-10,14H,5H2,(H,15,16)/t8-,10?/m0/s1. The predicted molar refractivity (Wildman–Crippen MR) is 61.2 cm³/mol. The Hall–Kier alpha value is -1.14. The van der Waals surface area contributed by atoms with Gasteiger partial charge in [0.2, 0.25) is 0 Å². The molecule has 2 N–H and O–H groups in total. The maximum Gasteiger partial charge on any atom is 0.321 e. The van der Waals surface area contributed by atoms with E-state index in [4.69, 9.17) is 5.11 Å². The van der Waals surface area contributed by atoms with Crippen LogP contribution in [0.25, 0.3) is 0 Å². The summed E-state index contributed by atoms with van der Waals surface area (Å²) in [6, 6.07) is 5.45. The first-order valence-corrected chi connectivity index (χ1v) is 6.11. The van der Waals surface area contributed by atoms with Gasteiger partial charge in [-0.25, -0.2) is 8.78 Å². The number of alkyl halides is 2. The number of carbonyl (C=O) groups is 1. The Labute approximate surface area is 101 Å². The Kier molecular flexibility index (Phi) is 3.63. The lowest BCUT2D eigenvalue weighted by molar-refractivity contribution is -0.138. The molecule has 0 aromatic heterocycles. The molecule has 3 nitrogen and oxygen atoms in total. The second-order valence-corrected chi connectivity index (χ2v) is 4.88. The highest BCUT2D eigenvalue weighted by molar-refractivity contribution is 7.99. The summed E-state index contributed by atoms with van der Waals surface area (Å²) in [6.45, 7) is 0. The van der Waals surface area contributed by atoms with Crippen molar-refractivity contribution in [3.63, 3.8) is 0 Å². The van der Waals surface area contributed by atoms with Crippen LogP contribution in [0.15, 0.2) is 24.3 Å². The summed E-state index contributed by atoms with van der Waals surface area (Å²) in [7, 11) is 0. The summed E-state index contributed by atoms with van der Waals surface area (Å²) < 4.78 is 25.0. The summed E-state index contributed by atoms with van der Waals surface area (Å²) in [6.07, 6.45) is -2.50. The number of carboxylic acids is 1. The Balaban J connectivity index is 2.13. The number of thioether (sulfide) groups is 1. The molecule has 0 radical (unpaired) electrons. The minimum absolute atomic E-state index is 0.0383. The van der Waals surface area contributed by atoms with Gasteiger partial charge in [0.1, 0.15) is 6.04 Å². The van der Waals surface area contributed by atoms with Crippen molar-refractivity contribution in [2.45, 2.75) is 17.8 Å². The van der Waals surface area contributed by atoms with Crippen molar-refractivity contribution in [2.24, 2.45) is 0 Å². The fraction of sp³-hybridized carbons (Fsp3) is 0.364. The van der Waals surface area contributed by atoms with E-state index >= 15 is 0 Å². The molecule has 1 fully saturated rings. The number of benzene rings is 1. The maximum absolute atomic E-state index is 12.5. The van der Waals surface area contributed by atoms with Gasteiger partial charge in [0.05, 0.1) is 5.37 Å².